The highest BCUT2D eigenvalue weighted by atomic mass is 16.3. The average molecular weight is 391 g/mol. The van der Waals surface area contributed by atoms with Gasteiger partial charge in [-0.1, -0.05) is 18.2 Å². The molecule has 1 aromatic carbocycles. The van der Waals surface area contributed by atoms with Gasteiger partial charge in [0.05, 0.1) is 18.1 Å². The van der Waals surface area contributed by atoms with Gasteiger partial charge in [0.25, 0.3) is 5.91 Å². The van der Waals surface area contributed by atoms with Crippen molar-refractivity contribution < 1.29 is 14.0 Å². The Bertz CT molecular complexity index is 950. The second kappa shape index (κ2) is 8.47. The number of rotatable bonds is 4. The quantitative estimate of drug-likeness (QED) is 0.712. The zero-order valence-electron chi connectivity index (χ0n) is 15.7. The number of carbonyl (C=O) groups is 2. The maximum atomic E-state index is 12.3. The lowest BCUT2D eigenvalue weighted by molar-refractivity contribution is 0.0714. The molecule has 0 bridgehead atoms. The summed E-state index contributed by atoms with van der Waals surface area (Å²) in [5.41, 5.74) is 1.32. The minimum atomic E-state index is -0.323. The molecule has 0 radical (unpaired) electrons. The lowest BCUT2D eigenvalue weighted by Gasteiger charge is -2.35. The smallest absolute Gasteiger partial charge is 0.323 e. The molecule has 0 atom stereocenters. The van der Waals surface area contributed by atoms with Crippen LogP contribution in [0, 0.1) is 0 Å². The number of carbonyl (C=O) groups excluding carboxylic acids is 2. The van der Waals surface area contributed by atoms with Crippen LogP contribution in [0.4, 0.5) is 22.0 Å². The van der Waals surface area contributed by atoms with E-state index in [9.17, 15) is 9.59 Å². The van der Waals surface area contributed by atoms with Crippen molar-refractivity contribution in [2.24, 2.45) is 0 Å². The number of urea groups is 1. The van der Waals surface area contributed by atoms with Crippen LogP contribution in [0.15, 0.2) is 71.5 Å². The highest BCUT2D eigenvalue weighted by molar-refractivity contribution is 5.99. The molecule has 0 aliphatic carbocycles. The van der Waals surface area contributed by atoms with E-state index >= 15 is 0 Å². The van der Waals surface area contributed by atoms with E-state index in [1.807, 2.05) is 42.5 Å². The first-order chi connectivity index (χ1) is 14.2. The summed E-state index contributed by atoms with van der Waals surface area (Å²) in [6.45, 7) is 2.56. The number of hydrogen-bond acceptors (Lipinski definition) is 5. The lowest BCUT2D eigenvalue weighted by Crippen LogP contribution is -2.49. The molecule has 0 unspecified atom stereocenters. The largest absolute Gasteiger partial charge is 0.459 e. The Labute approximate surface area is 168 Å². The number of piperazine rings is 1. The van der Waals surface area contributed by atoms with E-state index in [1.165, 1.54) is 6.26 Å². The predicted molar refractivity (Wildman–Crippen MR) is 110 cm³/mol. The molecule has 1 aliphatic heterocycles. The van der Waals surface area contributed by atoms with Crippen molar-refractivity contribution in [3.8, 4) is 0 Å². The molecule has 2 aromatic heterocycles. The maximum Gasteiger partial charge on any atom is 0.323 e. The lowest BCUT2D eigenvalue weighted by atomic mass is 10.2. The van der Waals surface area contributed by atoms with Crippen LogP contribution in [0.3, 0.4) is 0 Å². The summed E-state index contributed by atoms with van der Waals surface area (Å²) < 4.78 is 5.19. The van der Waals surface area contributed by atoms with E-state index in [0.717, 1.165) is 11.5 Å². The van der Waals surface area contributed by atoms with Crippen LogP contribution in [0.2, 0.25) is 0 Å². The van der Waals surface area contributed by atoms with Gasteiger partial charge in [0.15, 0.2) is 5.76 Å². The fraction of sp³-hybridized carbons (Fsp3) is 0.190. The fourth-order valence-electron chi connectivity index (χ4n) is 3.16. The number of benzene rings is 1. The monoisotopic (exact) mass is 391 g/mol. The van der Waals surface area contributed by atoms with E-state index in [1.54, 1.807) is 23.2 Å². The van der Waals surface area contributed by atoms with Crippen molar-refractivity contribution >= 4 is 29.1 Å². The molecule has 0 saturated carbocycles. The fourth-order valence-corrected chi connectivity index (χ4v) is 3.16. The molecule has 8 heteroatoms. The minimum Gasteiger partial charge on any atom is -0.459 e. The maximum absolute atomic E-state index is 12.3. The zero-order chi connectivity index (χ0) is 20.1. The summed E-state index contributed by atoms with van der Waals surface area (Å²) >= 11 is 0. The first-order valence-corrected chi connectivity index (χ1v) is 9.36. The minimum absolute atomic E-state index is 0.0911. The van der Waals surface area contributed by atoms with Crippen LogP contribution < -0.4 is 15.5 Å². The second-order valence-corrected chi connectivity index (χ2v) is 6.61. The molecular formula is C21H21N5O3. The van der Waals surface area contributed by atoms with Crippen molar-refractivity contribution in [3.05, 3.63) is 72.8 Å². The Kier molecular flexibility index (Phi) is 5.42. The predicted octanol–water partition coefficient (Wildman–Crippen LogP) is 3.28. The van der Waals surface area contributed by atoms with Gasteiger partial charge in [-0.25, -0.2) is 9.78 Å². The van der Waals surface area contributed by atoms with E-state index < -0.39 is 0 Å². The van der Waals surface area contributed by atoms with Crippen molar-refractivity contribution in [1.29, 1.82) is 0 Å². The second-order valence-electron chi connectivity index (χ2n) is 6.61. The van der Waals surface area contributed by atoms with Gasteiger partial charge < -0.3 is 24.9 Å². The van der Waals surface area contributed by atoms with E-state index in [4.69, 9.17) is 4.42 Å². The summed E-state index contributed by atoms with van der Waals surface area (Å²) in [5, 5.41) is 5.53. The van der Waals surface area contributed by atoms with E-state index in [-0.39, 0.29) is 11.9 Å². The van der Waals surface area contributed by atoms with Gasteiger partial charge in [-0.2, -0.15) is 0 Å². The van der Waals surface area contributed by atoms with Crippen molar-refractivity contribution in [2.45, 2.75) is 0 Å². The number of nitrogens with one attached hydrogen (secondary N) is 2. The molecule has 1 aliphatic rings. The average Bonchev–Trinajstić information content (AvgIpc) is 3.29. The molecule has 29 heavy (non-hydrogen) atoms. The third-order valence-electron chi connectivity index (χ3n) is 4.66. The highest BCUT2D eigenvalue weighted by Gasteiger charge is 2.24. The molecule has 3 heterocycles. The Morgan fingerprint density at radius 1 is 0.862 bits per heavy atom. The molecule has 8 nitrogen and oxygen atoms in total. The molecule has 3 aromatic rings. The standard InChI is InChI=1S/C21H21N5O3/c27-20(18-7-4-14-29-18)26-12-10-25(11-13-26)19-9-8-17(15-22-19)24-21(28)23-16-5-2-1-3-6-16/h1-9,14-15H,10-13H2,(H2,23,24,28). The van der Waals surface area contributed by atoms with E-state index in [0.29, 0.717) is 37.6 Å². The molecule has 2 N–H and O–H groups in total. The zero-order valence-corrected chi connectivity index (χ0v) is 15.7. The molecule has 3 amide bonds. The molecule has 4 rings (SSSR count). The van der Waals surface area contributed by atoms with Gasteiger partial charge in [0.1, 0.15) is 5.82 Å². The third-order valence-corrected chi connectivity index (χ3v) is 4.66. The highest BCUT2D eigenvalue weighted by Crippen LogP contribution is 2.18. The molecule has 148 valence electrons. The van der Waals surface area contributed by atoms with Crippen molar-refractivity contribution in [2.75, 3.05) is 41.7 Å². The van der Waals surface area contributed by atoms with Gasteiger partial charge in [-0.15, -0.1) is 0 Å². The van der Waals surface area contributed by atoms with Gasteiger partial charge in [0, 0.05) is 31.9 Å². The van der Waals surface area contributed by atoms with Crippen LogP contribution in [-0.2, 0) is 0 Å². The molecule has 0 spiro atoms. The van der Waals surface area contributed by atoms with Crippen LogP contribution in [0.1, 0.15) is 10.6 Å². The topological polar surface area (TPSA) is 90.7 Å². The Morgan fingerprint density at radius 3 is 2.28 bits per heavy atom. The van der Waals surface area contributed by atoms with Crippen molar-refractivity contribution in [3.63, 3.8) is 0 Å². The Balaban J connectivity index is 1.29. The van der Waals surface area contributed by atoms with Gasteiger partial charge in [-0.05, 0) is 36.4 Å². The van der Waals surface area contributed by atoms with Crippen LogP contribution in [0.25, 0.3) is 0 Å². The van der Waals surface area contributed by atoms with Crippen LogP contribution in [-0.4, -0.2) is 48.0 Å². The SMILES string of the molecule is O=C(Nc1ccccc1)Nc1ccc(N2CCN(C(=O)c3ccco3)CC2)nc1. The van der Waals surface area contributed by atoms with Crippen LogP contribution in [0.5, 0.6) is 0 Å². The molecule has 1 saturated heterocycles. The Morgan fingerprint density at radius 2 is 1.62 bits per heavy atom. The number of anilines is 3. The number of furan rings is 1. The van der Waals surface area contributed by atoms with E-state index in [2.05, 4.69) is 20.5 Å². The summed E-state index contributed by atoms with van der Waals surface area (Å²) in [7, 11) is 0. The first-order valence-electron chi connectivity index (χ1n) is 9.36. The molecular weight excluding hydrogens is 370 g/mol. The molecule has 1 fully saturated rings. The Hall–Kier alpha value is -3.81. The van der Waals surface area contributed by atoms with Crippen molar-refractivity contribution in [1.82, 2.24) is 9.88 Å². The summed E-state index contributed by atoms with van der Waals surface area (Å²) in [4.78, 5) is 32.7. The van der Waals surface area contributed by atoms with Crippen LogP contribution >= 0.6 is 0 Å². The number of pyridine rings is 1. The number of para-hydroxylation sites is 1. The summed E-state index contributed by atoms with van der Waals surface area (Å²) in [6.07, 6.45) is 3.13. The first kappa shape index (κ1) is 18.5. The number of hydrogen-bond donors (Lipinski definition) is 2. The van der Waals surface area contributed by atoms with Gasteiger partial charge in [-0.3, -0.25) is 4.79 Å². The summed E-state index contributed by atoms with van der Waals surface area (Å²) in [5.74, 6) is 1.08. The summed E-state index contributed by atoms with van der Waals surface area (Å²) in [6, 6.07) is 16.0. The number of aromatic nitrogens is 1. The third kappa shape index (κ3) is 4.55. The normalized spacial score (nSPS) is 13.8. The van der Waals surface area contributed by atoms with Gasteiger partial charge >= 0.3 is 6.03 Å². The number of amides is 3. The number of nitrogens with zero attached hydrogens (tertiary/aromatic N) is 3. The van der Waals surface area contributed by atoms with Gasteiger partial charge in [0.2, 0.25) is 0 Å².